The maximum absolute atomic E-state index is 6.16. The molecule has 0 unspecified atom stereocenters. The SMILES string of the molecule is COc1ccccc1NCc1cc(Cl)cc2c1OCC2. The maximum Gasteiger partial charge on any atom is 0.141 e. The first-order valence-electron chi connectivity index (χ1n) is 6.59. The van der Waals surface area contributed by atoms with Crippen molar-refractivity contribution in [2.45, 2.75) is 13.0 Å². The number of rotatable bonds is 4. The largest absolute Gasteiger partial charge is 0.495 e. The number of hydrogen-bond donors (Lipinski definition) is 1. The second-order valence-electron chi connectivity index (χ2n) is 4.71. The van der Waals surface area contributed by atoms with Crippen molar-refractivity contribution in [3.05, 3.63) is 52.5 Å². The first kappa shape index (κ1) is 13.1. The summed E-state index contributed by atoms with van der Waals surface area (Å²) in [6.45, 7) is 1.39. The molecule has 0 fully saturated rings. The number of methoxy groups -OCH3 is 1. The summed E-state index contributed by atoms with van der Waals surface area (Å²) in [5.74, 6) is 1.80. The fourth-order valence-electron chi connectivity index (χ4n) is 2.46. The van der Waals surface area contributed by atoms with Crippen molar-refractivity contribution in [1.29, 1.82) is 0 Å². The van der Waals surface area contributed by atoms with Crippen LogP contribution in [0.1, 0.15) is 11.1 Å². The summed E-state index contributed by atoms with van der Waals surface area (Å²) in [6, 6.07) is 11.8. The van der Waals surface area contributed by atoms with Crippen molar-refractivity contribution in [2.24, 2.45) is 0 Å². The Balaban J connectivity index is 1.82. The normalized spacial score (nSPS) is 12.7. The minimum absolute atomic E-state index is 0.656. The topological polar surface area (TPSA) is 30.5 Å². The number of hydrogen-bond acceptors (Lipinski definition) is 3. The summed E-state index contributed by atoms with van der Waals surface area (Å²) in [4.78, 5) is 0. The molecule has 20 heavy (non-hydrogen) atoms. The van der Waals surface area contributed by atoms with Crippen LogP contribution < -0.4 is 14.8 Å². The van der Waals surface area contributed by atoms with Gasteiger partial charge in [0.05, 0.1) is 19.4 Å². The summed E-state index contributed by atoms with van der Waals surface area (Å²) < 4.78 is 11.0. The quantitative estimate of drug-likeness (QED) is 0.926. The molecule has 0 saturated carbocycles. The average Bonchev–Trinajstić information content (AvgIpc) is 2.93. The van der Waals surface area contributed by atoms with Gasteiger partial charge in [-0.05, 0) is 29.8 Å². The van der Waals surface area contributed by atoms with Crippen LogP contribution in [0, 0.1) is 0 Å². The highest BCUT2D eigenvalue weighted by Crippen LogP contribution is 2.34. The molecule has 2 aromatic carbocycles. The Morgan fingerprint density at radius 2 is 2.15 bits per heavy atom. The van der Waals surface area contributed by atoms with Crippen LogP contribution in [0.25, 0.3) is 0 Å². The van der Waals surface area contributed by atoms with Crippen molar-refractivity contribution >= 4 is 17.3 Å². The Morgan fingerprint density at radius 3 is 3.00 bits per heavy atom. The van der Waals surface area contributed by atoms with E-state index in [-0.39, 0.29) is 0 Å². The highest BCUT2D eigenvalue weighted by Gasteiger charge is 2.17. The van der Waals surface area contributed by atoms with E-state index >= 15 is 0 Å². The summed E-state index contributed by atoms with van der Waals surface area (Å²) in [6.07, 6.45) is 0.928. The molecule has 3 nitrogen and oxygen atoms in total. The van der Waals surface area contributed by atoms with E-state index < -0.39 is 0 Å². The number of benzene rings is 2. The molecule has 1 aliphatic rings. The lowest BCUT2D eigenvalue weighted by Crippen LogP contribution is -2.03. The zero-order valence-electron chi connectivity index (χ0n) is 11.3. The smallest absolute Gasteiger partial charge is 0.141 e. The molecule has 3 rings (SSSR count). The van der Waals surface area contributed by atoms with Gasteiger partial charge in [0.15, 0.2) is 0 Å². The minimum Gasteiger partial charge on any atom is -0.495 e. The molecule has 0 bridgehead atoms. The van der Waals surface area contributed by atoms with Gasteiger partial charge in [-0.3, -0.25) is 0 Å². The molecule has 0 spiro atoms. The predicted octanol–water partition coefficient (Wildman–Crippen LogP) is 3.90. The van der Waals surface area contributed by atoms with Gasteiger partial charge >= 0.3 is 0 Å². The van der Waals surface area contributed by atoms with Gasteiger partial charge in [-0.1, -0.05) is 23.7 Å². The molecule has 0 amide bonds. The van der Waals surface area contributed by atoms with Gasteiger partial charge in [-0.25, -0.2) is 0 Å². The molecule has 0 radical (unpaired) electrons. The predicted molar refractivity (Wildman–Crippen MR) is 81.0 cm³/mol. The number of fused-ring (bicyclic) bond motifs is 1. The third-order valence-corrected chi connectivity index (χ3v) is 3.62. The average molecular weight is 290 g/mol. The maximum atomic E-state index is 6.16. The Labute approximate surface area is 123 Å². The molecule has 1 N–H and O–H groups in total. The van der Waals surface area contributed by atoms with E-state index in [4.69, 9.17) is 21.1 Å². The van der Waals surface area contributed by atoms with Crippen LogP contribution in [0.2, 0.25) is 5.02 Å². The number of para-hydroxylation sites is 2. The first-order valence-corrected chi connectivity index (χ1v) is 6.96. The lowest BCUT2D eigenvalue weighted by molar-refractivity contribution is 0.354. The van der Waals surface area contributed by atoms with E-state index in [0.717, 1.165) is 40.8 Å². The number of nitrogens with one attached hydrogen (secondary N) is 1. The van der Waals surface area contributed by atoms with Crippen LogP contribution in [-0.2, 0) is 13.0 Å². The standard InChI is InChI=1S/C16H16ClNO2/c1-19-15-5-3-2-4-14(15)18-10-12-9-13(17)8-11-6-7-20-16(11)12/h2-5,8-9,18H,6-7,10H2,1H3. The second-order valence-corrected chi connectivity index (χ2v) is 5.14. The molecule has 1 aliphatic heterocycles. The molecule has 1 heterocycles. The minimum atomic E-state index is 0.656. The van der Waals surface area contributed by atoms with Crippen LogP contribution in [0.4, 0.5) is 5.69 Å². The first-order chi connectivity index (χ1) is 9.78. The van der Waals surface area contributed by atoms with Crippen LogP contribution in [0.5, 0.6) is 11.5 Å². The number of halogens is 1. The van der Waals surface area contributed by atoms with E-state index in [1.54, 1.807) is 7.11 Å². The summed E-state index contributed by atoms with van der Waals surface area (Å²) in [5.41, 5.74) is 3.23. The van der Waals surface area contributed by atoms with Gasteiger partial charge in [0.25, 0.3) is 0 Å². The van der Waals surface area contributed by atoms with Crippen LogP contribution >= 0.6 is 11.6 Å². The Bertz CT molecular complexity index is 628. The highest BCUT2D eigenvalue weighted by atomic mass is 35.5. The van der Waals surface area contributed by atoms with Gasteiger partial charge in [0, 0.05) is 23.6 Å². The number of ether oxygens (including phenoxy) is 2. The van der Waals surface area contributed by atoms with Crippen molar-refractivity contribution in [3.8, 4) is 11.5 Å². The Kier molecular flexibility index (Phi) is 3.70. The Hall–Kier alpha value is -1.87. The summed E-state index contributed by atoms with van der Waals surface area (Å²) >= 11 is 6.16. The van der Waals surface area contributed by atoms with Crippen molar-refractivity contribution in [2.75, 3.05) is 19.0 Å². The van der Waals surface area contributed by atoms with Crippen molar-refractivity contribution < 1.29 is 9.47 Å². The van der Waals surface area contributed by atoms with Crippen LogP contribution in [0.15, 0.2) is 36.4 Å². The fraction of sp³-hybridized carbons (Fsp3) is 0.250. The molecule has 2 aromatic rings. The number of anilines is 1. The van der Waals surface area contributed by atoms with Gasteiger partial charge in [-0.2, -0.15) is 0 Å². The molecule has 0 aliphatic carbocycles. The molecule has 0 aromatic heterocycles. The zero-order chi connectivity index (χ0) is 13.9. The van der Waals surface area contributed by atoms with Gasteiger partial charge < -0.3 is 14.8 Å². The molecular formula is C16H16ClNO2. The van der Waals surface area contributed by atoms with Crippen molar-refractivity contribution in [1.82, 2.24) is 0 Å². The molecular weight excluding hydrogens is 274 g/mol. The third kappa shape index (κ3) is 2.54. The molecule has 0 atom stereocenters. The van der Waals surface area contributed by atoms with E-state index in [1.807, 2.05) is 36.4 Å². The third-order valence-electron chi connectivity index (χ3n) is 3.40. The van der Waals surface area contributed by atoms with E-state index in [2.05, 4.69) is 5.32 Å². The summed E-state index contributed by atoms with van der Waals surface area (Å²) in [7, 11) is 1.67. The molecule has 104 valence electrons. The fourth-order valence-corrected chi connectivity index (χ4v) is 2.72. The lowest BCUT2D eigenvalue weighted by Gasteiger charge is -2.13. The van der Waals surface area contributed by atoms with E-state index in [1.165, 1.54) is 5.56 Å². The molecule has 4 heteroatoms. The van der Waals surface area contributed by atoms with Gasteiger partial charge in [-0.15, -0.1) is 0 Å². The van der Waals surface area contributed by atoms with E-state index in [9.17, 15) is 0 Å². The second kappa shape index (κ2) is 5.63. The lowest BCUT2D eigenvalue weighted by atomic mass is 10.1. The van der Waals surface area contributed by atoms with Crippen LogP contribution in [0.3, 0.4) is 0 Å². The van der Waals surface area contributed by atoms with Crippen molar-refractivity contribution in [3.63, 3.8) is 0 Å². The zero-order valence-corrected chi connectivity index (χ0v) is 12.0. The van der Waals surface area contributed by atoms with Gasteiger partial charge in [0.2, 0.25) is 0 Å². The highest BCUT2D eigenvalue weighted by molar-refractivity contribution is 6.30. The Morgan fingerprint density at radius 1 is 1.30 bits per heavy atom. The monoisotopic (exact) mass is 289 g/mol. The molecule has 0 saturated heterocycles. The van der Waals surface area contributed by atoms with Gasteiger partial charge in [0.1, 0.15) is 11.5 Å². The van der Waals surface area contributed by atoms with E-state index in [0.29, 0.717) is 6.54 Å². The van der Waals surface area contributed by atoms with Crippen LogP contribution in [-0.4, -0.2) is 13.7 Å². The summed E-state index contributed by atoms with van der Waals surface area (Å²) in [5, 5.41) is 4.13.